The van der Waals surface area contributed by atoms with Crippen LogP contribution >= 0.6 is 0 Å². The van der Waals surface area contributed by atoms with Crippen molar-refractivity contribution in [3.8, 4) is 28.4 Å². The summed E-state index contributed by atoms with van der Waals surface area (Å²) in [5.41, 5.74) is 3.10. The van der Waals surface area contributed by atoms with Gasteiger partial charge in [0.2, 0.25) is 0 Å². The Labute approximate surface area is 190 Å². The molecule has 0 spiro atoms. The molecule has 4 nitrogen and oxygen atoms in total. The highest BCUT2D eigenvalue weighted by atomic mass is 19.4. The fourth-order valence-electron chi connectivity index (χ4n) is 3.41. The highest BCUT2D eigenvalue weighted by Gasteiger charge is 2.31. The molecule has 0 aliphatic rings. The van der Waals surface area contributed by atoms with Crippen LogP contribution in [0.15, 0.2) is 66.7 Å². The van der Waals surface area contributed by atoms with Gasteiger partial charge in [-0.2, -0.15) is 0 Å². The molecule has 0 saturated carbocycles. The maximum Gasteiger partial charge on any atom is 0.573 e. The summed E-state index contributed by atoms with van der Waals surface area (Å²) in [4.78, 5) is 11.2. The lowest BCUT2D eigenvalue weighted by Crippen LogP contribution is -2.16. The van der Waals surface area contributed by atoms with Crippen molar-refractivity contribution in [3.05, 3.63) is 77.9 Å². The highest BCUT2D eigenvalue weighted by Crippen LogP contribution is 2.36. The molecule has 0 aliphatic heterocycles. The average molecular weight is 458 g/mol. The molecular weight excluding hydrogens is 433 g/mol. The minimum Gasteiger partial charge on any atom is -0.481 e. The second-order valence-electron chi connectivity index (χ2n) is 8.62. The SMILES string of the molecule is CC(C)(C)c1ccc(Oc2cccc(-c3ccc(OC(F)(F)F)cc3)c2CCC(=O)O)cc1. The largest absolute Gasteiger partial charge is 0.573 e. The standard InChI is InChI=1S/C26H25F3O4/c1-25(2,3)18-9-13-19(14-10-18)32-23-6-4-5-21(22(23)15-16-24(30)31)17-7-11-20(12-8-17)33-26(27,28)29/h4-14H,15-16H2,1-3H3,(H,30,31). The average Bonchev–Trinajstić information content (AvgIpc) is 2.72. The molecule has 0 aliphatic carbocycles. The minimum absolute atomic E-state index is 0.00686. The van der Waals surface area contributed by atoms with Crippen LogP contribution in [0.4, 0.5) is 13.2 Å². The molecule has 0 fully saturated rings. The summed E-state index contributed by atoms with van der Waals surface area (Å²) in [5.74, 6) is -0.192. The van der Waals surface area contributed by atoms with E-state index in [0.717, 1.165) is 5.56 Å². The smallest absolute Gasteiger partial charge is 0.481 e. The van der Waals surface area contributed by atoms with Crippen LogP contribution in [0, 0.1) is 0 Å². The Hall–Kier alpha value is -3.48. The van der Waals surface area contributed by atoms with Gasteiger partial charge in [0.05, 0.1) is 0 Å². The Kier molecular flexibility index (Phi) is 7.01. The van der Waals surface area contributed by atoms with E-state index in [4.69, 9.17) is 4.74 Å². The van der Waals surface area contributed by atoms with Gasteiger partial charge in [0.15, 0.2) is 0 Å². The van der Waals surface area contributed by atoms with E-state index in [1.807, 2.05) is 24.3 Å². The normalized spacial score (nSPS) is 11.8. The van der Waals surface area contributed by atoms with Gasteiger partial charge in [-0.05, 0) is 58.9 Å². The van der Waals surface area contributed by atoms with Crippen LogP contribution in [0.1, 0.15) is 38.3 Å². The van der Waals surface area contributed by atoms with Gasteiger partial charge in [0, 0.05) is 12.0 Å². The monoisotopic (exact) mass is 458 g/mol. The van der Waals surface area contributed by atoms with E-state index >= 15 is 0 Å². The zero-order chi connectivity index (χ0) is 24.2. The molecule has 0 bridgehead atoms. The molecule has 33 heavy (non-hydrogen) atoms. The molecule has 0 unspecified atom stereocenters. The molecule has 0 aromatic heterocycles. The van der Waals surface area contributed by atoms with Gasteiger partial charge in [0.25, 0.3) is 0 Å². The number of carboxylic acids is 1. The fraction of sp³-hybridized carbons (Fsp3) is 0.269. The molecule has 3 aromatic carbocycles. The van der Waals surface area contributed by atoms with Crippen molar-refractivity contribution in [1.29, 1.82) is 0 Å². The number of ether oxygens (including phenoxy) is 2. The van der Waals surface area contributed by atoms with Crippen LogP contribution in [0.25, 0.3) is 11.1 Å². The Morgan fingerprint density at radius 3 is 2.03 bits per heavy atom. The second kappa shape index (κ2) is 9.57. The molecule has 7 heteroatoms. The molecule has 3 aromatic rings. The van der Waals surface area contributed by atoms with Gasteiger partial charge in [-0.3, -0.25) is 4.79 Å². The van der Waals surface area contributed by atoms with Crippen LogP contribution in [0.3, 0.4) is 0 Å². The molecule has 3 rings (SSSR count). The predicted octanol–water partition coefficient (Wildman–Crippen LogP) is 7.36. The van der Waals surface area contributed by atoms with E-state index in [0.29, 0.717) is 28.2 Å². The van der Waals surface area contributed by atoms with Crippen LogP contribution < -0.4 is 9.47 Å². The van der Waals surface area contributed by atoms with E-state index in [-0.39, 0.29) is 24.0 Å². The maximum atomic E-state index is 12.5. The number of aliphatic carboxylic acids is 1. The highest BCUT2D eigenvalue weighted by molar-refractivity contribution is 5.73. The third kappa shape index (κ3) is 6.75. The van der Waals surface area contributed by atoms with Crippen LogP contribution in [-0.2, 0) is 16.6 Å². The van der Waals surface area contributed by atoms with Gasteiger partial charge in [-0.15, -0.1) is 13.2 Å². The van der Waals surface area contributed by atoms with E-state index < -0.39 is 12.3 Å². The maximum absolute atomic E-state index is 12.5. The number of carboxylic acid groups (broad SMARTS) is 1. The molecule has 0 heterocycles. The first kappa shape index (κ1) is 24.2. The summed E-state index contributed by atoms with van der Waals surface area (Å²) in [7, 11) is 0. The van der Waals surface area contributed by atoms with Crippen molar-refractivity contribution in [2.75, 3.05) is 0 Å². The van der Waals surface area contributed by atoms with Gasteiger partial charge in [-0.25, -0.2) is 0 Å². The van der Waals surface area contributed by atoms with Crippen molar-refractivity contribution in [1.82, 2.24) is 0 Å². The van der Waals surface area contributed by atoms with E-state index in [9.17, 15) is 23.1 Å². The number of hydrogen-bond donors (Lipinski definition) is 1. The first-order valence-electron chi connectivity index (χ1n) is 10.4. The van der Waals surface area contributed by atoms with Gasteiger partial charge < -0.3 is 14.6 Å². The summed E-state index contributed by atoms with van der Waals surface area (Å²) in [6.07, 6.45) is -4.70. The number of hydrogen-bond acceptors (Lipinski definition) is 3. The lowest BCUT2D eigenvalue weighted by atomic mass is 9.87. The zero-order valence-electron chi connectivity index (χ0n) is 18.6. The van der Waals surface area contributed by atoms with Gasteiger partial charge in [0.1, 0.15) is 17.2 Å². The van der Waals surface area contributed by atoms with Crippen LogP contribution in [-0.4, -0.2) is 17.4 Å². The van der Waals surface area contributed by atoms with Crippen molar-refractivity contribution in [2.45, 2.75) is 45.4 Å². The van der Waals surface area contributed by atoms with E-state index in [2.05, 4.69) is 25.5 Å². The molecule has 0 saturated heterocycles. The third-order valence-electron chi connectivity index (χ3n) is 5.07. The lowest BCUT2D eigenvalue weighted by Gasteiger charge is -2.20. The molecule has 0 atom stereocenters. The summed E-state index contributed by atoms with van der Waals surface area (Å²) < 4.78 is 47.4. The number of benzene rings is 3. The Bertz CT molecular complexity index is 1100. The fourth-order valence-corrected chi connectivity index (χ4v) is 3.41. The van der Waals surface area contributed by atoms with Gasteiger partial charge in [-0.1, -0.05) is 57.2 Å². The molecule has 0 amide bonds. The van der Waals surface area contributed by atoms with Crippen LogP contribution in [0.5, 0.6) is 17.2 Å². The number of rotatable bonds is 7. The Morgan fingerprint density at radius 2 is 1.48 bits per heavy atom. The first-order valence-corrected chi connectivity index (χ1v) is 10.4. The second-order valence-corrected chi connectivity index (χ2v) is 8.62. The Balaban J connectivity index is 1.95. The lowest BCUT2D eigenvalue weighted by molar-refractivity contribution is -0.274. The minimum atomic E-state index is -4.77. The molecule has 1 N–H and O–H groups in total. The Morgan fingerprint density at radius 1 is 0.879 bits per heavy atom. The molecule has 174 valence electrons. The van der Waals surface area contributed by atoms with Crippen molar-refractivity contribution >= 4 is 5.97 Å². The summed E-state index contributed by atoms with van der Waals surface area (Å²) in [6.45, 7) is 6.34. The van der Waals surface area contributed by atoms with Crippen molar-refractivity contribution in [2.24, 2.45) is 0 Å². The summed E-state index contributed by atoms with van der Waals surface area (Å²) in [6, 6.07) is 18.4. The van der Waals surface area contributed by atoms with Gasteiger partial charge >= 0.3 is 12.3 Å². The first-order chi connectivity index (χ1) is 15.4. The van der Waals surface area contributed by atoms with E-state index in [1.54, 1.807) is 18.2 Å². The number of halogens is 3. The van der Waals surface area contributed by atoms with Crippen LogP contribution in [0.2, 0.25) is 0 Å². The van der Waals surface area contributed by atoms with Crippen molar-refractivity contribution < 1.29 is 32.5 Å². The molecular formula is C26H25F3O4. The summed E-state index contributed by atoms with van der Waals surface area (Å²) in [5, 5.41) is 9.20. The van der Waals surface area contributed by atoms with E-state index in [1.165, 1.54) is 24.3 Å². The quantitative estimate of drug-likeness (QED) is 0.402. The topological polar surface area (TPSA) is 55.8 Å². The predicted molar refractivity (Wildman–Crippen MR) is 120 cm³/mol. The number of alkyl halides is 3. The zero-order valence-corrected chi connectivity index (χ0v) is 18.6. The third-order valence-corrected chi connectivity index (χ3v) is 5.07. The molecule has 0 radical (unpaired) electrons. The number of carbonyl (C=O) groups is 1. The summed E-state index contributed by atoms with van der Waals surface area (Å²) >= 11 is 0. The van der Waals surface area contributed by atoms with Crippen molar-refractivity contribution in [3.63, 3.8) is 0 Å².